The van der Waals surface area contributed by atoms with Crippen molar-refractivity contribution in [1.29, 1.82) is 0 Å². The number of nitrogens with zero attached hydrogens (tertiary/aromatic N) is 4. The second-order valence-corrected chi connectivity index (χ2v) is 12.3. The molecule has 0 saturated heterocycles. The fourth-order valence-electron chi connectivity index (χ4n) is 3.61. The normalized spacial score (nSPS) is 11.4. The van der Waals surface area contributed by atoms with E-state index in [1.807, 2.05) is 49.6 Å². The summed E-state index contributed by atoms with van der Waals surface area (Å²) in [6.07, 6.45) is 6.57. The quantitative estimate of drug-likeness (QED) is 0.157. The maximum absolute atomic E-state index is 13.3. The topological polar surface area (TPSA) is 116 Å². The predicted molar refractivity (Wildman–Crippen MR) is 160 cm³/mol. The molecular weight excluding hydrogens is 557 g/mol. The van der Waals surface area contributed by atoms with Gasteiger partial charge >= 0.3 is 35.6 Å². The first-order valence-electron chi connectivity index (χ1n) is 12.2. The average molecular weight is 590 g/mol. The molecule has 9 nitrogen and oxygen atoms in total. The summed E-state index contributed by atoms with van der Waals surface area (Å²) in [6.45, 7) is 8.48. The number of thioether (sulfide) groups is 1. The van der Waals surface area contributed by atoms with Crippen LogP contribution in [0.5, 0.6) is 11.9 Å². The van der Waals surface area contributed by atoms with Gasteiger partial charge < -0.3 is 9.47 Å². The van der Waals surface area contributed by atoms with Crippen LogP contribution in [0.2, 0.25) is 0 Å². The Kier molecular flexibility index (Phi) is 11.0. The Balaban J connectivity index is 0.00000441. The van der Waals surface area contributed by atoms with Crippen LogP contribution in [0.4, 0.5) is 5.82 Å². The van der Waals surface area contributed by atoms with Gasteiger partial charge in [0.25, 0.3) is 10.0 Å². The molecule has 2 heterocycles. The number of benzene rings is 2. The average Bonchev–Trinajstić information content (AvgIpc) is 2.91. The number of aryl methyl sites for hydroxylation is 1. The summed E-state index contributed by atoms with van der Waals surface area (Å²) in [5.74, 6) is 0.331. The molecule has 0 fully saturated rings. The number of hydrogen-bond acceptors (Lipinski definition) is 9. The molecule has 40 heavy (non-hydrogen) atoms. The van der Waals surface area contributed by atoms with E-state index in [2.05, 4.69) is 45.4 Å². The van der Waals surface area contributed by atoms with Gasteiger partial charge in [0.05, 0.1) is 10.5 Å². The van der Waals surface area contributed by atoms with E-state index in [1.54, 1.807) is 36.3 Å². The third kappa shape index (κ3) is 8.17. The van der Waals surface area contributed by atoms with Crippen LogP contribution in [0.3, 0.4) is 0 Å². The van der Waals surface area contributed by atoms with Gasteiger partial charge in [-0.05, 0) is 41.9 Å². The number of sulfonamides is 1. The molecule has 4 rings (SSSR count). The molecular formula is C28H32N5NaO4S2. The molecule has 2 aromatic heterocycles. The Morgan fingerprint density at radius 2 is 1.50 bits per heavy atom. The van der Waals surface area contributed by atoms with E-state index < -0.39 is 10.0 Å². The zero-order chi connectivity index (χ0) is 28.0. The Labute approximate surface area is 261 Å². The van der Waals surface area contributed by atoms with Crippen molar-refractivity contribution in [3.63, 3.8) is 0 Å². The van der Waals surface area contributed by atoms with Crippen LogP contribution in [0.1, 0.15) is 31.9 Å². The van der Waals surface area contributed by atoms with Gasteiger partial charge in [-0.2, -0.15) is 0 Å². The van der Waals surface area contributed by atoms with Crippen molar-refractivity contribution in [3.05, 3.63) is 78.4 Å². The first kappa shape index (κ1) is 31.8. The van der Waals surface area contributed by atoms with Crippen molar-refractivity contribution in [2.75, 3.05) is 24.2 Å². The van der Waals surface area contributed by atoms with Crippen LogP contribution in [0.25, 0.3) is 11.1 Å². The van der Waals surface area contributed by atoms with Gasteiger partial charge in [-0.25, -0.2) is 28.4 Å². The van der Waals surface area contributed by atoms with E-state index in [9.17, 15) is 8.42 Å². The first-order chi connectivity index (χ1) is 18.6. The van der Waals surface area contributed by atoms with E-state index in [0.29, 0.717) is 11.1 Å². The molecule has 0 aliphatic heterocycles. The van der Waals surface area contributed by atoms with Crippen LogP contribution in [-0.4, -0.2) is 77.4 Å². The molecule has 4 aromatic rings. The summed E-state index contributed by atoms with van der Waals surface area (Å²) >= 11 is 1.54. The standard InChI is InChI=1S/C28H31N5O4S2.Na.H/c1-19-6-8-20(9-7-19)24-25(33-39(34,35)23-12-10-21(11-13-23)28(2,3)4)31-18-32-26(24)36-14-15-37-27-29-16-22(38-5)17-30-27;;/h6-13,16-18H,14-15H2,1-5H3,(H,31,32,33);;. The third-order valence-corrected chi connectivity index (χ3v) is 7.84. The number of rotatable bonds is 10. The van der Waals surface area contributed by atoms with E-state index >= 15 is 0 Å². The van der Waals surface area contributed by atoms with Crippen molar-refractivity contribution < 1.29 is 17.9 Å². The van der Waals surface area contributed by atoms with E-state index in [1.165, 1.54) is 6.33 Å². The number of nitrogens with one attached hydrogen (secondary N) is 1. The monoisotopic (exact) mass is 589 g/mol. The molecule has 0 unspecified atom stereocenters. The molecule has 0 saturated carbocycles. The zero-order valence-electron chi connectivity index (χ0n) is 22.5. The summed E-state index contributed by atoms with van der Waals surface area (Å²) in [5, 5.41) is 0. The molecule has 0 spiro atoms. The maximum atomic E-state index is 13.3. The third-order valence-electron chi connectivity index (χ3n) is 5.81. The van der Waals surface area contributed by atoms with Crippen molar-refractivity contribution in [2.24, 2.45) is 0 Å². The Morgan fingerprint density at radius 1 is 0.875 bits per heavy atom. The Hall–Kier alpha value is -2.70. The van der Waals surface area contributed by atoms with Gasteiger partial charge in [-0.15, -0.1) is 11.8 Å². The molecule has 12 heteroatoms. The Morgan fingerprint density at radius 3 is 2.10 bits per heavy atom. The van der Waals surface area contributed by atoms with Gasteiger partial charge in [0.2, 0.25) is 5.88 Å². The number of ether oxygens (including phenoxy) is 2. The molecule has 1 N–H and O–H groups in total. The van der Waals surface area contributed by atoms with Crippen molar-refractivity contribution >= 4 is 57.2 Å². The second kappa shape index (κ2) is 13.8. The SMILES string of the molecule is CSc1cnc(OCCOc2ncnc(NS(=O)(=O)c3ccc(C(C)(C)C)cc3)c2-c2ccc(C)cc2)nc1.[NaH]. The molecule has 0 aliphatic carbocycles. The van der Waals surface area contributed by atoms with E-state index in [0.717, 1.165) is 16.0 Å². The van der Waals surface area contributed by atoms with Gasteiger partial charge in [-0.3, -0.25) is 4.72 Å². The van der Waals surface area contributed by atoms with E-state index in [4.69, 9.17) is 9.47 Å². The minimum absolute atomic E-state index is 0. The number of aromatic nitrogens is 4. The predicted octanol–water partition coefficient (Wildman–Crippen LogP) is 4.87. The number of hydrogen-bond donors (Lipinski definition) is 1. The fourth-order valence-corrected chi connectivity index (χ4v) is 4.95. The van der Waals surface area contributed by atoms with E-state index in [-0.39, 0.29) is 70.8 Å². The summed E-state index contributed by atoms with van der Waals surface area (Å²) in [5.41, 5.74) is 3.12. The van der Waals surface area contributed by atoms with Gasteiger partial charge in [-0.1, -0.05) is 62.7 Å². The van der Waals surface area contributed by atoms with Crippen LogP contribution in [-0.2, 0) is 15.4 Å². The van der Waals surface area contributed by atoms with Gasteiger partial charge in [0.1, 0.15) is 19.5 Å². The fraction of sp³-hybridized carbons (Fsp3) is 0.286. The second-order valence-electron chi connectivity index (χ2n) is 9.75. The molecule has 2 aromatic carbocycles. The van der Waals surface area contributed by atoms with Gasteiger partial charge in [0, 0.05) is 17.3 Å². The van der Waals surface area contributed by atoms with Crippen molar-refractivity contribution in [1.82, 2.24) is 19.9 Å². The molecule has 0 bridgehead atoms. The molecule has 0 radical (unpaired) electrons. The molecule has 206 valence electrons. The van der Waals surface area contributed by atoms with Crippen LogP contribution in [0, 0.1) is 6.92 Å². The summed E-state index contributed by atoms with van der Waals surface area (Å²) in [7, 11) is -3.94. The summed E-state index contributed by atoms with van der Waals surface area (Å²) < 4.78 is 40.8. The van der Waals surface area contributed by atoms with Gasteiger partial charge in [0.15, 0.2) is 5.82 Å². The molecule has 0 aliphatic rings. The van der Waals surface area contributed by atoms with Crippen LogP contribution in [0.15, 0.2) is 77.0 Å². The first-order valence-corrected chi connectivity index (χ1v) is 14.9. The van der Waals surface area contributed by atoms with Crippen molar-refractivity contribution in [2.45, 2.75) is 42.9 Å². The van der Waals surface area contributed by atoms with Crippen LogP contribution < -0.4 is 14.2 Å². The van der Waals surface area contributed by atoms with Crippen molar-refractivity contribution in [3.8, 4) is 23.0 Å². The summed E-state index contributed by atoms with van der Waals surface area (Å²) in [6, 6.07) is 14.7. The minimum atomic E-state index is -3.94. The zero-order valence-corrected chi connectivity index (χ0v) is 24.1. The van der Waals surface area contributed by atoms with Crippen LogP contribution >= 0.6 is 11.8 Å². The molecule has 0 atom stereocenters. The summed E-state index contributed by atoms with van der Waals surface area (Å²) in [4.78, 5) is 17.9. The Bertz CT molecular complexity index is 1510. The number of anilines is 1. The molecule has 0 amide bonds.